The molecule has 2 aliphatic heterocycles. The lowest BCUT2D eigenvalue weighted by Crippen LogP contribution is -2.34. The fourth-order valence-electron chi connectivity index (χ4n) is 6.68. The highest BCUT2D eigenvalue weighted by Crippen LogP contribution is 2.44. The lowest BCUT2D eigenvalue weighted by Gasteiger charge is -2.28. The maximum atomic E-state index is 13.9. The minimum absolute atomic E-state index is 0.351. The molecule has 226 valence electrons. The normalized spacial score (nSPS) is 14.0. The Morgan fingerprint density at radius 3 is 0.957 bits per heavy atom. The number of amides is 4. The fraction of sp³-hybridized carbons (Fsp3) is 0.150. The number of hydrogen-bond donors (Lipinski definition) is 0. The van der Waals surface area contributed by atoms with Gasteiger partial charge in [-0.25, -0.2) is 9.80 Å². The molecule has 0 N–H and O–H groups in total. The summed E-state index contributed by atoms with van der Waals surface area (Å²) >= 11 is 0. The van der Waals surface area contributed by atoms with Crippen LogP contribution in [-0.2, 0) is 0 Å². The highest BCUT2D eigenvalue weighted by molar-refractivity contribution is 6.37. The Labute approximate surface area is 267 Å². The van der Waals surface area contributed by atoms with Gasteiger partial charge in [-0.15, -0.1) is 0 Å². The van der Waals surface area contributed by atoms with Crippen molar-refractivity contribution in [3.8, 4) is 22.3 Å². The molecule has 5 aromatic rings. The summed E-state index contributed by atoms with van der Waals surface area (Å²) in [5.41, 5.74) is 10.9. The molecule has 46 heavy (non-hydrogen) atoms. The van der Waals surface area contributed by atoms with Gasteiger partial charge in [0, 0.05) is 0 Å². The lowest BCUT2D eigenvalue weighted by molar-refractivity contribution is 0.0908. The fourth-order valence-corrected chi connectivity index (χ4v) is 6.68. The Balaban J connectivity index is 1.27. The number of fused-ring (bicyclic) bond motifs is 2. The van der Waals surface area contributed by atoms with Gasteiger partial charge in [-0.1, -0.05) is 71.8 Å². The minimum atomic E-state index is -0.393. The van der Waals surface area contributed by atoms with Crippen LogP contribution in [0, 0.1) is 41.5 Å². The average molecular weight is 605 g/mol. The number of benzene rings is 5. The average Bonchev–Trinajstić information content (AvgIpc) is 3.45. The molecule has 7 rings (SSSR count). The molecule has 6 nitrogen and oxygen atoms in total. The zero-order chi connectivity index (χ0) is 32.6. The predicted molar refractivity (Wildman–Crippen MR) is 181 cm³/mol. The molecule has 6 heteroatoms. The van der Waals surface area contributed by atoms with E-state index in [1.807, 2.05) is 102 Å². The standard InChI is InChI=1S/C40H32N2O4/c1-21-7-11-27(12-8-21)29-15-17-31-33(19-29)39(45)41(37(31)43)35-23(3)25(5)36(26(6)24(35)4)42-38(44)32-18-16-30(20-34(32)40(42)46)28-13-9-22(2)10-14-28/h7-20H,1-6H3. The molecule has 4 amide bonds. The van der Waals surface area contributed by atoms with Crippen LogP contribution in [0.1, 0.15) is 74.8 Å². The van der Waals surface area contributed by atoms with Gasteiger partial charge in [0.2, 0.25) is 0 Å². The highest BCUT2D eigenvalue weighted by atomic mass is 16.2. The molecule has 0 aliphatic carbocycles. The van der Waals surface area contributed by atoms with E-state index in [-0.39, 0.29) is 0 Å². The Kier molecular flexibility index (Phi) is 6.64. The smallest absolute Gasteiger partial charge is 0.266 e. The minimum Gasteiger partial charge on any atom is -0.268 e. The van der Waals surface area contributed by atoms with Crippen LogP contribution < -0.4 is 9.80 Å². The first kappa shape index (κ1) is 29.1. The van der Waals surface area contributed by atoms with Crippen LogP contribution >= 0.6 is 0 Å². The molecular weight excluding hydrogens is 572 g/mol. The van der Waals surface area contributed by atoms with Crippen molar-refractivity contribution in [1.29, 1.82) is 0 Å². The van der Waals surface area contributed by atoms with Gasteiger partial charge < -0.3 is 0 Å². The van der Waals surface area contributed by atoms with E-state index in [4.69, 9.17) is 0 Å². The maximum Gasteiger partial charge on any atom is 0.266 e. The van der Waals surface area contributed by atoms with E-state index in [0.717, 1.165) is 33.4 Å². The van der Waals surface area contributed by atoms with Gasteiger partial charge in [0.05, 0.1) is 33.6 Å². The molecule has 2 heterocycles. The molecule has 2 aliphatic rings. The third-order valence-electron chi connectivity index (χ3n) is 9.54. The Hall–Kier alpha value is -5.62. The van der Waals surface area contributed by atoms with Crippen LogP contribution in [-0.4, -0.2) is 23.6 Å². The summed E-state index contributed by atoms with van der Waals surface area (Å²) < 4.78 is 0. The van der Waals surface area contributed by atoms with E-state index in [9.17, 15) is 19.2 Å². The third-order valence-corrected chi connectivity index (χ3v) is 9.54. The zero-order valence-corrected chi connectivity index (χ0v) is 26.6. The SMILES string of the molecule is Cc1ccc(-c2ccc3c(c2)C(=O)N(c2c(C)c(C)c(N4C(=O)c5ccc(-c6ccc(C)cc6)cc5C4=O)c(C)c2C)C3=O)cc1. The van der Waals surface area contributed by atoms with Crippen LogP contribution in [0.3, 0.4) is 0 Å². The topological polar surface area (TPSA) is 74.8 Å². The summed E-state index contributed by atoms with van der Waals surface area (Å²) in [6.45, 7) is 11.3. The Morgan fingerprint density at radius 1 is 0.348 bits per heavy atom. The monoisotopic (exact) mass is 604 g/mol. The Morgan fingerprint density at radius 2 is 0.630 bits per heavy atom. The molecule has 0 unspecified atom stereocenters. The number of nitrogens with zero attached hydrogens (tertiary/aromatic N) is 2. The van der Waals surface area contributed by atoms with Gasteiger partial charge in [0.25, 0.3) is 23.6 Å². The number of aryl methyl sites for hydroxylation is 2. The lowest BCUT2D eigenvalue weighted by atomic mass is 9.94. The van der Waals surface area contributed by atoms with Gasteiger partial charge in [0.15, 0.2) is 0 Å². The molecule has 0 saturated heterocycles. The van der Waals surface area contributed by atoms with E-state index < -0.39 is 23.6 Å². The molecule has 0 atom stereocenters. The van der Waals surface area contributed by atoms with Gasteiger partial charge in [-0.05, 0) is 110 Å². The predicted octanol–water partition coefficient (Wildman–Crippen LogP) is 8.47. The largest absolute Gasteiger partial charge is 0.268 e. The second kappa shape index (κ2) is 10.5. The van der Waals surface area contributed by atoms with Crippen molar-refractivity contribution in [3.05, 3.63) is 141 Å². The molecule has 0 bridgehead atoms. The number of imide groups is 2. The van der Waals surface area contributed by atoms with Crippen LogP contribution in [0.4, 0.5) is 11.4 Å². The van der Waals surface area contributed by atoms with Crippen LogP contribution in [0.25, 0.3) is 22.3 Å². The summed E-state index contributed by atoms with van der Waals surface area (Å²) in [5, 5.41) is 0. The second-order valence-corrected chi connectivity index (χ2v) is 12.3. The van der Waals surface area contributed by atoms with Crippen molar-refractivity contribution < 1.29 is 19.2 Å². The summed E-state index contributed by atoms with van der Waals surface area (Å²) in [5.74, 6) is -1.57. The Bertz CT molecular complexity index is 1990. The number of anilines is 2. The van der Waals surface area contributed by atoms with Gasteiger partial charge in [-0.3, -0.25) is 19.2 Å². The first-order chi connectivity index (χ1) is 22.0. The molecule has 5 aromatic carbocycles. The van der Waals surface area contributed by atoms with Crippen LogP contribution in [0.2, 0.25) is 0 Å². The highest BCUT2D eigenvalue weighted by Gasteiger charge is 2.42. The number of carbonyl (C=O) groups is 4. The molecule has 0 aromatic heterocycles. The van der Waals surface area contributed by atoms with E-state index in [1.165, 1.54) is 9.80 Å². The van der Waals surface area contributed by atoms with Gasteiger partial charge in [-0.2, -0.15) is 0 Å². The van der Waals surface area contributed by atoms with E-state index >= 15 is 0 Å². The summed E-state index contributed by atoms with van der Waals surface area (Å²) in [6.07, 6.45) is 0. The molecule has 0 spiro atoms. The number of carbonyl (C=O) groups excluding carboxylic acids is 4. The summed E-state index contributed by atoms with van der Waals surface area (Å²) in [4.78, 5) is 57.9. The van der Waals surface area contributed by atoms with Crippen molar-refractivity contribution in [3.63, 3.8) is 0 Å². The van der Waals surface area contributed by atoms with Gasteiger partial charge >= 0.3 is 0 Å². The van der Waals surface area contributed by atoms with Crippen molar-refractivity contribution in [1.82, 2.24) is 0 Å². The van der Waals surface area contributed by atoms with E-state index in [2.05, 4.69) is 0 Å². The quantitative estimate of drug-likeness (QED) is 0.193. The van der Waals surface area contributed by atoms with Crippen molar-refractivity contribution in [2.75, 3.05) is 9.80 Å². The summed E-state index contributed by atoms with van der Waals surface area (Å²) in [7, 11) is 0. The first-order valence-electron chi connectivity index (χ1n) is 15.3. The van der Waals surface area contributed by atoms with Crippen molar-refractivity contribution in [2.45, 2.75) is 41.5 Å². The molecule has 0 fully saturated rings. The summed E-state index contributed by atoms with van der Waals surface area (Å²) in [6, 6.07) is 26.8. The second-order valence-electron chi connectivity index (χ2n) is 12.3. The number of hydrogen-bond acceptors (Lipinski definition) is 4. The third kappa shape index (κ3) is 4.25. The molecule has 0 radical (unpaired) electrons. The zero-order valence-electron chi connectivity index (χ0n) is 26.6. The van der Waals surface area contributed by atoms with Gasteiger partial charge in [0.1, 0.15) is 0 Å². The van der Waals surface area contributed by atoms with E-state index in [0.29, 0.717) is 55.9 Å². The molecule has 0 saturated carbocycles. The first-order valence-corrected chi connectivity index (χ1v) is 15.3. The van der Waals surface area contributed by atoms with Crippen LogP contribution in [0.5, 0.6) is 0 Å². The van der Waals surface area contributed by atoms with Crippen LogP contribution in [0.15, 0.2) is 84.9 Å². The number of rotatable bonds is 4. The molecular formula is C40H32N2O4. The van der Waals surface area contributed by atoms with Crippen molar-refractivity contribution in [2.24, 2.45) is 0 Å². The maximum absolute atomic E-state index is 13.9. The van der Waals surface area contributed by atoms with Crippen molar-refractivity contribution >= 4 is 35.0 Å². The van der Waals surface area contributed by atoms with E-state index in [1.54, 1.807) is 24.3 Å².